The third-order valence-corrected chi connectivity index (χ3v) is 7.01. The van der Waals surface area contributed by atoms with Gasteiger partial charge in [0.1, 0.15) is 12.1 Å². The van der Waals surface area contributed by atoms with Crippen LogP contribution in [0.3, 0.4) is 0 Å². The number of methoxy groups -OCH3 is 1. The van der Waals surface area contributed by atoms with Gasteiger partial charge in [0.05, 0.1) is 22.9 Å². The molecule has 2 aliphatic rings. The minimum absolute atomic E-state index is 0.00667. The lowest BCUT2D eigenvalue weighted by Crippen LogP contribution is -2.49. The molecule has 0 N–H and O–H groups in total. The van der Waals surface area contributed by atoms with Crippen molar-refractivity contribution in [1.82, 2.24) is 14.7 Å². The van der Waals surface area contributed by atoms with Gasteiger partial charge in [-0.15, -0.1) is 0 Å². The molecule has 2 fully saturated rings. The number of thiocarbonyl (C=S) groups is 1. The fourth-order valence-electron chi connectivity index (χ4n) is 4.48. The Bertz CT molecular complexity index is 1050. The molecule has 2 amide bonds. The van der Waals surface area contributed by atoms with Crippen LogP contribution < -0.4 is 4.90 Å². The van der Waals surface area contributed by atoms with E-state index in [9.17, 15) is 22.8 Å². The Hall–Kier alpha value is -2.75. The number of nitrogens with zero attached hydrogens (tertiary/aromatic N) is 5. The van der Waals surface area contributed by atoms with Gasteiger partial charge in [0.2, 0.25) is 5.91 Å². The summed E-state index contributed by atoms with van der Waals surface area (Å²) in [5.41, 5.74) is -2.63. The van der Waals surface area contributed by atoms with Gasteiger partial charge in [-0.1, -0.05) is 0 Å². The average Bonchev–Trinajstić information content (AvgIpc) is 3.00. The number of piperazine rings is 1. The van der Waals surface area contributed by atoms with Gasteiger partial charge in [0.25, 0.3) is 5.91 Å². The number of hydrogen-bond acceptors (Lipinski definition) is 6. The first-order chi connectivity index (χ1) is 16.9. The van der Waals surface area contributed by atoms with Crippen LogP contribution in [0, 0.1) is 11.3 Å². The number of anilines is 1. The number of unbranched alkanes of at least 4 members (excludes halogenated alkanes) is 1. The second-order valence-corrected chi connectivity index (χ2v) is 9.70. The van der Waals surface area contributed by atoms with Crippen molar-refractivity contribution in [1.29, 1.82) is 5.26 Å². The Morgan fingerprint density at radius 3 is 2.39 bits per heavy atom. The third-order valence-electron chi connectivity index (χ3n) is 6.61. The molecule has 2 saturated heterocycles. The highest BCUT2D eigenvalue weighted by atomic mass is 32.1. The zero-order valence-electron chi connectivity index (χ0n) is 20.6. The Morgan fingerprint density at radius 2 is 1.81 bits per heavy atom. The number of ether oxygens (including phenoxy) is 1. The van der Waals surface area contributed by atoms with E-state index in [1.165, 1.54) is 13.2 Å². The minimum Gasteiger partial charge on any atom is -0.375 e. The van der Waals surface area contributed by atoms with Crippen LogP contribution in [0.4, 0.5) is 18.9 Å². The number of halogens is 3. The summed E-state index contributed by atoms with van der Waals surface area (Å²) in [5.74, 6) is -0.428. The highest BCUT2D eigenvalue weighted by Crippen LogP contribution is 2.37. The van der Waals surface area contributed by atoms with Crippen LogP contribution in [0.25, 0.3) is 0 Å². The molecule has 3 rings (SSSR count). The standard InChI is InChI=1S/C24H30F3N5O3S/c1-23(2)21(34)32(18-7-6-17(15-28)19(14-18)24(25,26)27)22(36)31(23)9-5-4-8-29-10-12-30(13-11-29)20(33)16-35-3/h6-7,14H,4-5,8-13,16H2,1-3H3. The highest BCUT2D eigenvalue weighted by Gasteiger charge is 2.49. The summed E-state index contributed by atoms with van der Waals surface area (Å²) in [5, 5.41) is 9.20. The lowest BCUT2D eigenvalue weighted by Gasteiger charge is -2.35. The van der Waals surface area contributed by atoms with Gasteiger partial charge < -0.3 is 14.5 Å². The van der Waals surface area contributed by atoms with Crippen LogP contribution in [0.2, 0.25) is 0 Å². The van der Waals surface area contributed by atoms with Crippen molar-refractivity contribution in [2.45, 2.75) is 38.4 Å². The molecule has 0 unspecified atom stereocenters. The summed E-state index contributed by atoms with van der Waals surface area (Å²) in [4.78, 5) is 32.0. The average molecular weight is 526 g/mol. The topological polar surface area (TPSA) is 80.1 Å². The molecule has 196 valence electrons. The molecule has 0 atom stereocenters. The molecule has 1 aromatic carbocycles. The van der Waals surface area contributed by atoms with Crippen molar-refractivity contribution in [3.8, 4) is 6.07 Å². The van der Waals surface area contributed by atoms with Gasteiger partial charge in [0, 0.05) is 39.8 Å². The van der Waals surface area contributed by atoms with Gasteiger partial charge >= 0.3 is 6.18 Å². The molecule has 12 heteroatoms. The Balaban J connectivity index is 1.60. The Morgan fingerprint density at radius 1 is 1.17 bits per heavy atom. The van der Waals surface area contributed by atoms with Crippen LogP contribution >= 0.6 is 12.2 Å². The molecule has 1 aromatic rings. The molecule has 2 aliphatic heterocycles. The predicted molar refractivity (Wildman–Crippen MR) is 131 cm³/mol. The Kier molecular flexibility index (Phi) is 8.59. The molecule has 0 aromatic heterocycles. The number of hydrogen-bond donors (Lipinski definition) is 0. The second kappa shape index (κ2) is 11.1. The number of carbonyl (C=O) groups is 2. The Labute approximate surface area is 214 Å². The molecule has 0 spiro atoms. The van der Waals surface area contributed by atoms with Gasteiger partial charge in [-0.2, -0.15) is 18.4 Å². The maximum Gasteiger partial charge on any atom is 0.417 e. The van der Waals surface area contributed by atoms with E-state index < -0.39 is 28.7 Å². The zero-order chi connectivity index (χ0) is 26.7. The minimum atomic E-state index is -4.73. The lowest BCUT2D eigenvalue weighted by molar-refractivity contribution is -0.138. The maximum absolute atomic E-state index is 13.5. The van der Waals surface area contributed by atoms with Crippen molar-refractivity contribution in [3.05, 3.63) is 29.3 Å². The molecule has 0 aliphatic carbocycles. The summed E-state index contributed by atoms with van der Waals surface area (Å²) in [7, 11) is 1.50. The number of rotatable bonds is 8. The van der Waals surface area contributed by atoms with E-state index in [4.69, 9.17) is 22.2 Å². The van der Waals surface area contributed by atoms with E-state index in [0.717, 1.165) is 49.5 Å². The molecule has 0 saturated carbocycles. The smallest absolute Gasteiger partial charge is 0.375 e. The van der Waals surface area contributed by atoms with E-state index in [-0.39, 0.29) is 23.3 Å². The monoisotopic (exact) mass is 525 g/mol. The van der Waals surface area contributed by atoms with Crippen molar-refractivity contribution >= 4 is 34.8 Å². The van der Waals surface area contributed by atoms with Crippen LogP contribution in [-0.4, -0.2) is 90.2 Å². The van der Waals surface area contributed by atoms with Crippen LogP contribution in [0.15, 0.2) is 18.2 Å². The van der Waals surface area contributed by atoms with E-state index in [1.54, 1.807) is 29.7 Å². The number of amides is 2. The fourth-order valence-corrected chi connectivity index (χ4v) is 4.99. The van der Waals surface area contributed by atoms with Crippen molar-refractivity contribution in [2.75, 3.05) is 57.9 Å². The molecule has 36 heavy (non-hydrogen) atoms. The first-order valence-electron chi connectivity index (χ1n) is 11.7. The largest absolute Gasteiger partial charge is 0.417 e. The van der Waals surface area contributed by atoms with Gasteiger partial charge in [-0.25, -0.2) is 0 Å². The quantitative estimate of drug-likeness (QED) is 0.382. The van der Waals surface area contributed by atoms with Crippen molar-refractivity contribution in [2.24, 2.45) is 0 Å². The molecule has 0 radical (unpaired) electrons. The maximum atomic E-state index is 13.5. The van der Waals surface area contributed by atoms with Gasteiger partial charge in [0.15, 0.2) is 5.11 Å². The molecular formula is C24H30F3N5O3S. The summed E-state index contributed by atoms with van der Waals surface area (Å²) in [6.07, 6.45) is -3.16. The molecule has 0 bridgehead atoms. The van der Waals surface area contributed by atoms with Crippen molar-refractivity contribution in [3.63, 3.8) is 0 Å². The molecule has 8 nitrogen and oxygen atoms in total. The summed E-state index contributed by atoms with van der Waals surface area (Å²) in [6.45, 7) is 7.64. The summed E-state index contributed by atoms with van der Waals surface area (Å²) in [6, 6.07) is 4.73. The normalized spacial score (nSPS) is 18.6. The van der Waals surface area contributed by atoms with Crippen molar-refractivity contribution < 1.29 is 27.5 Å². The third kappa shape index (κ3) is 5.79. The van der Waals surface area contributed by atoms with E-state index in [2.05, 4.69) is 4.90 Å². The van der Waals surface area contributed by atoms with Gasteiger partial charge in [-0.3, -0.25) is 19.4 Å². The van der Waals surface area contributed by atoms with E-state index in [0.29, 0.717) is 19.6 Å². The summed E-state index contributed by atoms with van der Waals surface area (Å²) < 4.78 is 45.3. The number of carbonyl (C=O) groups excluding carboxylic acids is 2. The predicted octanol–water partition coefficient (Wildman–Crippen LogP) is 2.86. The number of benzene rings is 1. The van der Waals surface area contributed by atoms with Gasteiger partial charge in [-0.05, 0) is 63.7 Å². The van der Waals surface area contributed by atoms with Crippen LogP contribution in [-0.2, 0) is 20.5 Å². The SMILES string of the molecule is COCC(=O)N1CCN(CCCCN2C(=S)N(c3ccc(C#N)c(C(F)(F)F)c3)C(=O)C2(C)C)CC1. The van der Waals surface area contributed by atoms with E-state index in [1.807, 2.05) is 0 Å². The molecule has 2 heterocycles. The zero-order valence-corrected chi connectivity index (χ0v) is 21.4. The highest BCUT2D eigenvalue weighted by molar-refractivity contribution is 7.80. The first kappa shape index (κ1) is 27.8. The van der Waals surface area contributed by atoms with E-state index >= 15 is 0 Å². The number of alkyl halides is 3. The lowest BCUT2D eigenvalue weighted by atomic mass is 10.0. The second-order valence-electron chi connectivity index (χ2n) is 9.34. The van der Waals surface area contributed by atoms with Crippen LogP contribution in [0.1, 0.15) is 37.8 Å². The number of nitriles is 1. The van der Waals surface area contributed by atoms with Crippen LogP contribution in [0.5, 0.6) is 0 Å². The molecular weight excluding hydrogens is 495 g/mol. The first-order valence-corrected chi connectivity index (χ1v) is 12.1. The fraction of sp³-hybridized carbons (Fsp3) is 0.583. The summed E-state index contributed by atoms with van der Waals surface area (Å²) >= 11 is 5.53.